The minimum Gasteiger partial charge on any atom is -0.508 e. The third-order valence-corrected chi connectivity index (χ3v) is 3.69. The molecule has 3 rings (SSSR count). The van der Waals surface area contributed by atoms with Crippen LogP contribution in [0, 0.1) is 0 Å². The molecule has 0 bridgehead atoms. The van der Waals surface area contributed by atoms with Crippen LogP contribution in [0.3, 0.4) is 0 Å². The number of carbonyl (C=O) groups excluding carboxylic acids is 1. The predicted molar refractivity (Wildman–Crippen MR) is 104 cm³/mol. The monoisotopic (exact) mass is 384 g/mol. The summed E-state index contributed by atoms with van der Waals surface area (Å²) in [4.78, 5) is 20.2. The second-order valence-corrected chi connectivity index (χ2v) is 5.82. The molecule has 27 heavy (non-hydrogen) atoms. The molecule has 0 radical (unpaired) electrons. The fourth-order valence-electron chi connectivity index (χ4n) is 1.90. The average molecular weight is 384 g/mol. The zero-order chi connectivity index (χ0) is 19.5. The van der Waals surface area contributed by atoms with Gasteiger partial charge in [-0.2, -0.15) is 4.98 Å². The van der Waals surface area contributed by atoms with E-state index in [4.69, 9.17) is 14.6 Å². The quantitative estimate of drug-likeness (QED) is 0.392. The number of esters is 1. The Balaban J connectivity index is 0.000000313. The number of phenolic OH excluding ortho intramolecular Hbond substituents is 1. The first-order valence-electron chi connectivity index (χ1n) is 8.19. The zero-order valence-corrected chi connectivity index (χ0v) is 15.8. The van der Waals surface area contributed by atoms with E-state index in [1.165, 1.54) is 18.0 Å². The lowest BCUT2D eigenvalue weighted by molar-refractivity contribution is 0.0521. The number of hydrogen-bond acceptors (Lipinski definition) is 7. The molecular weight excluding hydrogens is 364 g/mol. The standard InChI is InChI=1S/C14H14N2O3S.C6H6O/c1-3-18-13(17)11-9-15-14(20-2)16-12(11)19-10-7-5-4-6-8-10;7-6-4-2-1-3-5-6/h4-9H,3H2,1-2H3;1-5,7H. The maximum atomic E-state index is 11.9. The van der Waals surface area contributed by atoms with Gasteiger partial charge in [-0.3, -0.25) is 0 Å². The molecule has 0 aliphatic heterocycles. The van der Waals surface area contributed by atoms with Crippen molar-refractivity contribution in [2.24, 2.45) is 0 Å². The molecule has 0 fully saturated rings. The molecule has 0 saturated heterocycles. The Labute approximate surface area is 162 Å². The first kappa shape index (κ1) is 20.3. The van der Waals surface area contributed by atoms with Crippen molar-refractivity contribution in [2.45, 2.75) is 12.1 Å². The summed E-state index contributed by atoms with van der Waals surface area (Å²) in [5.41, 5.74) is 0.216. The number of nitrogens with zero attached hydrogens (tertiary/aromatic N) is 2. The van der Waals surface area contributed by atoms with Gasteiger partial charge in [0.05, 0.1) is 6.61 Å². The summed E-state index contributed by atoms with van der Waals surface area (Å²) in [6.07, 6.45) is 3.28. The van der Waals surface area contributed by atoms with Crippen LogP contribution in [0.1, 0.15) is 17.3 Å². The van der Waals surface area contributed by atoms with Gasteiger partial charge < -0.3 is 14.6 Å². The molecule has 6 nitrogen and oxygen atoms in total. The predicted octanol–water partition coefficient (Wildman–Crippen LogP) is 4.56. The van der Waals surface area contributed by atoms with E-state index in [0.717, 1.165) is 0 Å². The van der Waals surface area contributed by atoms with E-state index in [2.05, 4.69) is 9.97 Å². The average Bonchev–Trinajstić information content (AvgIpc) is 2.70. The van der Waals surface area contributed by atoms with E-state index in [1.807, 2.05) is 30.5 Å². The molecule has 0 aliphatic carbocycles. The highest BCUT2D eigenvalue weighted by atomic mass is 32.2. The second-order valence-electron chi connectivity index (χ2n) is 5.05. The molecule has 0 amide bonds. The van der Waals surface area contributed by atoms with Crippen LogP contribution in [0.2, 0.25) is 0 Å². The highest BCUT2D eigenvalue weighted by molar-refractivity contribution is 7.98. The fourth-order valence-corrected chi connectivity index (χ4v) is 2.24. The van der Waals surface area contributed by atoms with Crippen molar-refractivity contribution >= 4 is 17.7 Å². The molecular formula is C20H20N2O4S. The summed E-state index contributed by atoms with van der Waals surface area (Å²) in [6.45, 7) is 2.03. The van der Waals surface area contributed by atoms with Crippen molar-refractivity contribution in [1.82, 2.24) is 9.97 Å². The topological polar surface area (TPSA) is 81.5 Å². The lowest BCUT2D eigenvalue weighted by atomic mass is 10.3. The first-order chi connectivity index (χ1) is 13.1. The number of carbonyl (C=O) groups is 1. The highest BCUT2D eigenvalue weighted by Crippen LogP contribution is 2.25. The Morgan fingerprint density at radius 1 is 1.07 bits per heavy atom. The van der Waals surface area contributed by atoms with Gasteiger partial charge in [0, 0.05) is 6.20 Å². The van der Waals surface area contributed by atoms with Crippen LogP contribution in [-0.4, -0.2) is 33.9 Å². The van der Waals surface area contributed by atoms with Crippen molar-refractivity contribution < 1.29 is 19.4 Å². The SMILES string of the molecule is CCOC(=O)c1cnc(SC)nc1Oc1ccccc1.Oc1ccccc1. The Morgan fingerprint density at radius 2 is 1.70 bits per heavy atom. The molecule has 0 saturated carbocycles. The van der Waals surface area contributed by atoms with E-state index < -0.39 is 5.97 Å². The van der Waals surface area contributed by atoms with Gasteiger partial charge in [-0.05, 0) is 37.4 Å². The summed E-state index contributed by atoms with van der Waals surface area (Å²) in [5.74, 6) is 0.631. The summed E-state index contributed by atoms with van der Waals surface area (Å²) in [7, 11) is 0. The molecule has 7 heteroatoms. The Bertz CT molecular complexity index is 845. The molecule has 0 spiro atoms. The van der Waals surface area contributed by atoms with E-state index in [9.17, 15) is 4.79 Å². The van der Waals surface area contributed by atoms with E-state index in [0.29, 0.717) is 16.7 Å². The third kappa shape index (κ3) is 6.63. The summed E-state index contributed by atoms with van der Waals surface area (Å²) in [6, 6.07) is 17.9. The molecule has 2 aromatic carbocycles. The molecule has 0 unspecified atom stereocenters. The highest BCUT2D eigenvalue weighted by Gasteiger charge is 2.17. The Kier molecular flexibility index (Phi) is 8.12. The third-order valence-electron chi connectivity index (χ3n) is 3.12. The van der Waals surface area contributed by atoms with Gasteiger partial charge in [-0.25, -0.2) is 9.78 Å². The minimum absolute atomic E-state index is 0.203. The van der Waals surface area contributed by atoms with E-state index >= 15 is 0 Å². The van der Waals surface area contributed by atoms with Gasteiger partial charge in [0.25, 0.3) is 0 Å². The molecule has 0 atom stereocenters. The number of rotatable bonds is 5. The number of phenols is 1. The zero-order valence-electron chi connectivity index (χ0n) is 15.0. The Morgan fingerprint density at radius 3 is 2.22 bits per heavy atom. The maximum absolute atomic E-state index is 11.9. The maximum Gasteiger partial charge on any atom is 0.345 e. The number of thioether (sulfide) groups is 1. The summed E-state index contributed by atoms with van der Waals surface area (Å²) < 4.78 is 10.6. The van der Waals surface area contributed by atoms with Gasteiger partial charge in [0.15, 0.2) is 5.16 Å². The van der Waals surface area contributed by atoms with Gasteiger partial charge in [0.1, 0.15) is 17.1 Å². The molecule has 140 valence electrons. The number of benzene rings is 2. The minimum atomic E-state index is -0.494. The van der Waals surface area contributed by atoms with Crippen molar-refractivity contribution in [3.8, 4) is 17.4 Å². The first-order valence-corrected chi connectivity index (χ1v) is 9.41. The van der Waals surface area contributed by atoms with Crippen LogP contribution in [0.25, 0.3) is 0 Å². The number of aromatic hydroxyl groups is 1. The fraction of sp³-hybridized carbons (Fsp3) is 0.150. The van der Waals surface area contributed by atoms with Crippen molar-refractivity contribution in [3.63, 3.8) is 0 Å². The van der Waals surface area contributed by atoms with Crippen molar-refractivity contribution in [1.29, 1.82) is 0 Å². The number of para-hydroxylation sites is 2. The van der Waals surface area contributed by atoms with Gasteiger partial charge >= 0.3 is 5.97 Å². The lowest BCUT2D eigenvalue weighted by Gasteiger charge is -2.09. The van der Waals surface area contributed by atoms with Crippen LogP contribution in [-0.2, 0) is 4.74 Å². The summed E-state index contributed by atoms with van der Waals surface area (Å²) in [5, 5.41) is 9.16. The van der Waals surface area contributed by atoms with Crippen LogP contribution >= 0.6 is 11.8 Å². The lowest BCUT2D eigenvalue weighted by Crippen LogP contribution is -2.09. The van der Waals surface area contributed by atoms with Crippen LogP contribution < -0.4 is 4.74 Å². The number of hydrogen-bond donors (Lipinski definition) is 1. The number of ether oxygens (including phenoxy) is 2. The molecule has 1 aromatic heterocycles. The van der Waals surface area contributed by atoms with Gasteiger partial charge in [-0.1, -0.05) is 48.2 Å². The van der Waals surface area contributed by atoms with Crippen LogP contribution in [0.5, 0.6) is 17.4 Å². The normalized spacial score (nSPS) is 9.70. The van der Waals surface area contributed by atoms with Crippen LogP contribution in [0.15, 0.2) is 72.0 Å². The molecule has 1 N–H and O–H groups in total. The Hall–Kier alpha value is -3.06. The largest absolute Gasteiger partial charge is 0.508 e. The van der Waals surface area contributed by atoms with Crippen molar-refractivity contribution in [3.05, 3.63) is 72.4 Å². The van der Waals surface area contributed by atoms with E-state index in [-0.39, 0.29) is 18.1 Å². The van der Waals surface area contributed by atoms with Crippen molar-refractivity contribution in [2.75, 3.05) is 12.9 Å². The van der Waals surface area contributed by atoms with Gasteiger partial charge in [0.2, 0.25) is 5.88 Å². The summed E-state index contributed by atoms with van der Waals surface area (Å²) >= 11 is 1.37. The molecule has 1 heterocycles. The molecule has 3 aromatic rings. The second kappa shape index (κ2) is 10.8. The van der Waals surface area contributed by atoms with Gasteiger partial charge in [-0.15, -0.1) is 0 Å². The molecule has 0 aliphatic rings. The van der Waals surface area contributed by atoms with Crippen LogP contribution in [0.4, 0.5) is 0 Å². The van der Waals surface area contributed by atoms with E-state index in [1.54, 1.807) is 43.3 Å². The number of aromatic nitrogens is 2. The smallest absolute Gasteiger partial charge is 0.345 e.